The van der Waals surface area contributed by atoms with Crippen molar-refractivity contribution in [3.05, 3.63) is 0 Å². The number of nitrogens with one attached hydrogen (secondary N) is 1. The SMILES string of the molecule is CCOC1CC(NCC(O)CN(CC)CC)C1. The second kappa shape index (κ2) is 8.03. The maximum Gasteiger partial charge on any atom is 0.0791 e. The summed E-state index contributed by atoms with van der Waals surface area (Å²) in [5, 5.41) is 13.3. The number of hydrogen-bond acceptors (Lipinski definition) is 4. The predicted molar refractivity (Wildman–Crippen MR) is 70.2 cm³/mol. The standard InChI is InChI=1S/C13H28N2O2/c1-4-15(5-2)10-12(16)9-14-11-7-13(8-11)17-6-3/h11-14,16H,4-10H2,1-3H3. The lowest BCUT2D eigenvalue weighted by Gasteiger charge is -2.36. The van der Waals surface area contributed by atoms with Gasteiger partial charge >= 0.3 is 0 Å². The molecule has 0 aliphatic heterocycles. The summed E-state index contributed by atoms with van der Waals surface area (Å²) in [6, 6.07) is 0.540. The Morgan fingerprint density at radius 1 is 1.29 bits per heavy atom. The highest BCUT2D eigenvalue weighted by molar-refractivity contribution is 4.86. The lowest BCUT2D eigenvalue weighted by molar-refractivity contribution is -0.0130. The van der Waals surface area contributed by atoms with E-state index < -0.39 is 0 Å². The number of hydrogen-bond donors (Lipinski definition) is 2. The summed E-state index contributed by atoms with van der Waals surface area (Å²) >= 11 is 0. The summed E-state index contributed by atoms with van der Waals surface area (Å²) in [7, 11) is 0. The third-order valence-corrected chi connectivity index (χ3v) is 3.50. The molecule has 1 fully saturated rings. The van der Waals surface area contributed by atoms with Crippen LogP contribution in [0.2, 0.25) is 0 Å². The van der Waals surface area contributed by atoms with Crippen LogP contribution in [0.25, 0.3) is 0 Å². The van der Waals surface area contributed by atoms with Crippen molar-refractivity contribution in [3.8, 4) is 0 Å². The average molecular weight is 244 g/mol. The van der Waals surface area contributed by atoms with E-state index in [0.717, 1.165) is 39.1 Å². The third kappa shape index (κ3) is 5.34. The molecular formula is C13H28N2O2. The normalized spacial score (nSPS) is 25.9. The van der Waals surface area contributed by atoms with E-state index in [2.05, 4.69) is 24.1 Å². The van der Waals surface area contributed by atoms with Crippen molar-refractivity contribution in [2.75, 3.05) is 32.8 Å². The number of aliphatic hydroxyl groups excluding tert-OH is 1. The topological polar surface area (TPSA) is 44.7 Å². The van der Waals surface area contributed by atoms with Crippen LogP contribution in [0.15, 0.2) is 0 Å². The highest BCUT2D eigenvalue weighted by Crippen LogP contribution is 2.22. The van der Waals surface area contributed by atoms with E-state index in [1.165, 1.54) is 0 Å². The molecule has 17 heavy (non-hydrogen) atoms. The van der Waals surface area contributed by atoms with Crippen molar-refractivity contribution < 1.29 is 9.84 Å². The van der Waals surface area contributed by atoms with E-state index in [1.54, 1.807) is 0 Å². The molecule has 0 aromatic rings. The molecule has 0 spiro atoms. The second-order valence-corrected chi connectivity index (χ2v) is 4.79. The van der Waals surface area contributed by atoms with Gasteiger partial charge in [-0.2, -0.15) is 0 Å². The zero-order valence-electron chi connectivity index (χ0n) is 11.5. The summed E-state index contributed by atoms with van der Waals surface area (Å²) in [5.74, 6) is 0. The van der Waals surface area contributed by atoms with Crippen LogP contribution in [0, 0.1) is 0 Å². The molecule has 0 aromatic carbocycles. The first-order valence-electron chi connectivity index (χ1n) is 6.94. The van der Waals surface area contributed by atoms with Gasteiger partial charge in [-0.25, -0.2) is 0 Å². The van der Waals surface area contributed by atoms with E-state index in [-0.39, 0.29) is 6.10 Å². The van der Waals surface area contributed by atoms with Gasteiger partial charge in [0.05, 0.1) is 12.2 Å². The summed E-state index contributed by atoms with van der Waals surface area (Å²) < 4.78 is 5.50. The van der Waals surface area contributed by atoms with Gasteiger partial charge in [0.25, 0.3) is 0 Å². The molecular weight excluding hydrogens is 216 g/mol. The smallest absolute Gasteiger partial charge is 0.0791 e. The highest BCUT2D eigenvalue weighted by atomic mass is 16.5. The van der Waals surface area contributed by atoms with Gasteiger partial charge < -0.3 is 20.1 Å². The Balaban J connectivity index is 2.03. The molecule has 0 radical (unpaired) electrons. The average Bonchev–Trinajstić information content (AvgIpc) is 2.28. The van der Waals surface area contributed by atoms with E-state index in [9.17, 15) is 5.11 Å². The molecule has 0 amide bonds. The van der Waals surface area contributed by atoms with Crippen LogP contribution in [-0.2, 0) is 4.74 Å². The van der Waals surface area contributed by atoms with Crippen LogP contribution < -0.4 is 5.32 Å². The molecule has 2 N–H and O–H groups in total. The van der Waals surface area contributed by atoms with Crippen LogP contribution in [-0.4, -0.2) is 61.0 Å². The second-order valence-electron chi connectivity index (χ2n) is 4.79. The van der Waals surface area contributed by atoms with Crippen LogP contribution in [0.5, 0.6) is 0 Å². The molecule has 1 aliphatic rings. The van der Waals surface area contributed by atoms with Crippen molar-refractivity contribution >= 4 is 0 Å². The number of nitrogens with zero attached hydrogens (tertiary/aromatic N) is 1. The molecule has 0 aromatic heterocycles. The Kier molecular flexibility index (Phi) is 7.04. The Morgan fingerprint density at radius 3 is 2.47 bits per heavy atom. The Bertz CT molecular complexity index is 192. The summed E-state index contributed by atoms with van der Waals surface area (Å²) in [4.78, 5) is 2.25. The van der Waals surface area contributed by atoms with Gasteiger partial charge in [-0.3, -0.25) is 0 Å². The summed E-state index contributed by atoms with van der Waals surface area (Å²) in [6.07, 6.45) is 2.36. The maximum atomic E-state index is 9.88. The fraction of sp³-hybridized carbons (Fsp3) is 1.00. The molecule has 1 saturated carbocycles. The molecule has 4 heteroatoms. The molecule has 1 aliphatic carbocycles. The fourth-order valence-corrected chi connectivity index (χ4v) is 2.25. The van der Waals surface area contributed by atoms with Gasteiger partial charge in [-0.05, 0) is 32.9 Å². The minimum absolute atomic E-state index is 0.263. The summed E-state index contributed by atoms with van der Waals surface area (Å²) in [6.45, 7) is 10.6. The minimum atomic E-state index is -0.263. The molecule has 0 saturated heterocycles. The number of likely N-dealkylation sites (N-methyl/N-ethyl adjacent to an activating group) is 1. The van der Waals surface area contributed by atoms with Gasteiger partial charge in [0.2, 0.25) is 0 Å². The Labute approximate surface area is 105 Å². The first-order chi connectivity index (χ1) is 8.19. The molecule has 1 unspecified atom stereocenters. The molecule has 102 valence electrons. The molecule has 1 rings (SSSR count). The van der Waals surface area contributed by atoms with E-state index in [0.29, 0.717) is 18.7 Å². The number of rotatable bonds is 9. The predicted octanol–water partition coefficient (Wildman–Crippen LogP) is 0.846. The van der Waals surface area contributed by atoms with E-state index in [1.807, 2.05) is 6.92 Å². The fourth-order valence-electron chi connectivity index (χ4n) is 2.25. The Morgan fingerprint density at radius 2 is 1.94 bits per heavy atom. The van der Waals surface area contributed by atoms with Crippen molar-refractivity contribution in [1.82, 2.24) is 10.2 Å². The summed E-state index contributed by atoms with van der Waals surface area (Å²) in [5.41, 5.74) is 0. The third-order valence-electron chi connectivity index (χ3n) is 3.50. The molecule has 0 heterocycles. The Hall–Kier alpha value is -0.160. The van der Waals surface area contributed by atoms with Crippen molar-refractivity contribution in [3.63, 3.8) is 0 Å². The van der Waals surface area contributed by atoms with Crippen LogP contribution in [0.4, 0.5) is 0 Å². The monoisotopic (exact) mass is 244 g/mol. The number of aliphatic hydroxyl groups is 1. The van der Waals surface area contributed by atoms with E-state index in [4.69, 9.17) is 4.74 Å². The quantitative estimate of drug-likeness (QED) is 0.631. The van der Waals surface area contributed by atoms with Crippen molar-refractivity contribution in [2.45, 2.75) is 51.9 Å². The van der Waals surface area contributed by atoms with Gasteiger partial charge in [-0.1, -0.05) is 13.8 Å². The number of ether oxygens (including phenoxy) is 1. The van der Waals surface area contributed by atoms with Crippen LogP contribution in [0.1, 0.15) is 33.6 Å². The lowest BCUT2D eigenvalue weighted by atomic mass is 9.89. The van der Waals surface area contributed by atoms with Gasteiger partial charge in [0.15, 0.2) is 0 Å². The van der Waals surface area contributed by atoms with Gasteiger partial charge in [-0.15, -0.1) is 0 Å². The van der Waals surface area contributed by atoms with Crippen LogP contribution in [0.3, 0.4) is 0 Å². The molecule has 0 bridgehead atoms. The first kappa shape index (κ1) is 14.9. The lowest BCUT2D eigenvalue weighted by Crippen LogP contribution is -2.49. The maximum absolute atomic E-state index is 9.88. The van der Waals surface area contributed by atoms with Gasteiger partial charge in [0, 0.05) is 25.7 Å². The van der Waals surface area contributed by atoms with Crippen molar-refractivity contribution in [2.24, 2.45) is 0 Å². The minimum Gasteiger partial charge on any atom is -0.390 e. The molecule has 1 atom stereocenters. The zero-order chi connectivity index (χ0) is 12.7. The first-order valence-corrected chi connectivity index (χ1v) is 6.94. The zero-order valence-corrected chi connectivity index (χ0v) is 11.5. The van der Waals surface area contributed by atoms with Crippen molar-refractivity contribution in [1.29, 1.82) is 0 Å². The van der Waals surface area contributed by atoms with E-state index >= 15 is 0 Å². The van der Waals surface area contributed by atoms with Crippen LogP contribution >= 0.6 is 0 Å². The highest BCUT2D eigenvalue weighted by Gasteiger charge is 2.29. The largest absolute Gasteiger partial charge is 0.390 e. The van der Waals surface area contributed by atoms with Gasteiger partial charge in [0.1, 0.15) is 0 Å². The molecule has 4 nitrogen and oxygen atoms in total.